The van der Waals surface area contributed by atoms with Crippen LogP contribution in [0.25, 0.3) is 0 Å². The molecular formula is C15H22N2O3. The van der Waals surface area contributed by atoms with E-state index in [2.05, 4.69) is 26.1 Å². The molecule has 20 heavy (non-hydrogen) atoms. The Morgan fingerprint density at radius 2 is 2.05 bits per heavy atom. The molecule has 0 bridgehead atoms. The number of ether oxygens (including phenoxy) is 1. The van der Waals surface area contributed by atoms with E-state index in [0.29, 0.717) is 11.8 Å². The molecular weight excluding hydrogens is 256 g/mol. The Labute approximate surface area is 119 Å². The van der Waals surface area contributed by atoms with Crippen molar-refractivity contribution in [3.05, 3.63) is 34.4 Å². The van der Waals surface area contributed by atoms with Gasteiger partial charge in [0.15, 0.2) is 0 Å². The van der Waals surface area contributed by atoms with Crippen molar-refractivity contribution in [2.75, 3.05) is 6.54 Å². The van der Waals surface area contributed by atoms with Crippen molar-refractivity contribution < 1.29 is 9.66 Å². The van der Waals surface area contributed by atoms with Crippen molar-refractivity contribution in [1.29, 1.82) is 0 Å². The summed E-state index contributed by atoms with van der Waals surface area (Å²) in [6.07, 6.45) is 2.25. The molecule has 1 saturated carbocycles. The minimum atomic E-state index is -0.401. The highest BCUT2D eigenvalue weighted by molar-refractivity contribution is 5.36. The molecule has 0 amide bonds. The topological polar surface area (TPSA) is 64.4 Å². The summed E-state index contributed by atoms with van der Waals surface area (Å²) in [7, 11) is 0. The van der Waals surface area contributed by atoms with E-state index in [1.54, 1.807) is 12.1 Å². The molecule has 1 aromatic carbocycles. The Hall–Kier alpha value is -1.62. The molecule has 2 atom stereocenters. The van der Waals surface area contributed by atoms with Crippen LogP contribution >= 0.6 is 0 Å². The summed E-state index contributed by atoms with van der Waals surface area (Å²) in [5.41, 5.74) is 0.171. The number of nitro groups is 1. The molecule has 1 fully saturated rings. The van der Waals surface area contributed by atoms with Crippen LogP contribution in [0.1, 0.15) is 33.6 Å². The van der Waals surface area contributed by atoms with Crippen molar-refractivity contribution in [2.45, 2.75) is 45.8 Å². The van der Waals surface area contributed by atoms with Crippen LogP contribution in [-0.4, -0.2) is 23.6 Å². The summed E-state index contributed by atoms with van der Waals surface area (Å²) in [6, 6.07) is 6.77. The first-order chi connectivity index (χ1) is 9.45. The van der Waals surface area contributed by atoms with E-state index in [1.165, 1.54) is 12.1 Å². The first kappa shape index (κ1) is 14.8. The minimum Gasteiger partial charge on any atom is -0.490 e. The summed E-state index contributed by atoms with van der Waals surface area (Å²) >= 11 is 0. The minimum absolute atomic E-state index is 0.0803. The van der Waals surface area contributed by atoms with E-state index >= 15 is 0 Å². The molecule has 1 N–H and O–H groups in total. The van der Waals surface area contributed by atoms with E-state index in [0.717, 1.165) is 19.4 Å². The number of benzene rings is 1. The summed E-state index contributed by atoms with van der Waals surface area (Å²) in [4.78, 5) is 10.2. The molecule has 0 radical (unpaired) electrons. The molecule has 1 aliphatic carbocycles. The Morgan fingerprint density at radius 3 is 2.55 bits per heavy atom. The fourth-order valence-corrected chi connectivity index (χ4v) is 2.56. The van der Waals surface area contributed by atoms with E-state index in [-0.39, 0.29) is 17.2 Å². The van der Waals surface area contributed by atoms with Crippen LogP contribution in [0.4, 0.5) is 5.69 Å². The highest BCUT2D eigenvalue weighted by Crippen LogP contribution is 2.43. The second kappa shape index (κ2) is 5.79. The van der Waals surface area contributed by atoms with Gasteiger partial charge >= 0.3 is 0 Å². The van der Waals surface area contributed by atoms with Crippen LogP contribution in [-0.2, 0) is 0 Å². The third kappa shape index (κ3) is 2.93. The van der Waals surface area contributed by atoms with Crippen molar-refractivity contribution in [1.82, 2.24) is 5.32 Å². The fourth-order valence-electron chi connectivity index (χ4n) is 2.56. The number of nitro benzene ring substituents is 1. The molecule has 0 saturated heterocycles. The maximum atomic E-state index is 10.6. The summed E-state index contributed by atoms with van der Waals surface area (Å²) in [5.74, 6) is 0.697. The Bertz CT molecular complexity index is 471. The molecule has 0 aromatic heterocycles. The molecule has 1 aliphatic rings. The number of rotatable bonds is 6. The molecule has 1 aromatic rings. The monoisotopic (exact) mass is 278 g/mol. The summed E-state index contributed by atoms with van der Waals surface area (Å²) in [5, 5.41) is 14.1. The lowest BCUT2D eigenvalue weighted by Gasteiger charge is -2.51. The van der Waals surface area contributed by atoms with Gasteiger partial charge in [-0.15, -0.1) is 0 Å². The molecule has 110 valence electrons. The second-order valence-electron chi connectivity index (χ2n) is 5.92. The largest absolute Gasteiger partial charge is 0.490 e. The van der Waals surface area contributed by atoms with Gasteiger partial charge in [-0.2, -0.15) is 0 Å². The Balaban J connectivity index is 1.93. The van der Waals surface area contributed by atoms with E-state index in [1.807, 2.05) is 0 Å². The first-order valence-electron chi connectivity index (χ1n) is 7.09. The van der Waals surface area contributed by atoms with Gasteiger partial charge in [-0.3, -0.25) is 10.1 Å². The van der Waals surface area contributed by atoms with E-state index < -0.39 is 4.92 Å². The predicted molar refractivity (Wildman–Crippen MR) is 78.0 cm³/mol. The van der Waals surface area contributed by atoms with Crippen molar-refractivity contribution >= 4 is 5.69 Å². The maximum absolute atomic E-state index is 10.6. The lowest BCUT2D eigenvalue weighted by molar-refractivity contribution is -0.384. The average Bonchev–Trinajstić information content (AvgIpc) is 2.42. The molecule has 5 heteroatoms. The molecule has 2 unspecified atom stereocenters. The number of hydrogen-bond donors (Lipinski definition) is 1. The quantitative estimate of drug-likeness (QED) is 0.641. The van der Waals surface area contributed by atoms with Crippen LogP contribution in [0, 0.1) is 15.5 Å². The van der Waals surface area contributed by atoms with Crippen LogP contribution in [0.5, 0.6) is 5.75 Å². The van der Waals surface area contributed by atoms with Crippen molar-refractivity contribution in [3.8, 4) is 5.75 Å². The van der Waals surface area contributed by atoms with Crippen LogP contribution in [0.15, 0.2) is 24.3 Å². The molecule has 5 nitrogen and oxygen atoms in total. The van der Waals surface area contributed by atoms with Gasteiger partial charge in [0.2, 0.25) is 0 Å². The van der Waals surface area contributed by atoms with Gasteiger partial charge in [0, 0.05) is 30.0 Å². The maximum Gasteiger partial charge on any atom is 0.269 e. The second-order valence-corrected chi connectivity index (χ2v) is 5.92. The van der Waals surface area contributed by atoms with Crippen LogP contribution in [0.3, 0.4) is 0 Å². The van der Waals surface area contributed by atoms with Gasteiger partial charge in [0.05, 0.1) is 4.92 Å². The highest BCUT2D eigenvalue weighted by atomic mass is 16.6. The SMILES string of the molecule is CCCNC1CC(Oc2ccc([N+](=O)[O-])cc2)C1(C)C. The lowest BCUT2D eigenvalue weighted by Crippen LogP contribution is -2.62. The van der Waals surface area contributed by atoms with Gasteiger partial charge in [-0.05, 0) is 25.1 Å². The van der Waals surface area contributed by atoms with Crippen molar-refractivity contribution in [2.24, 2.45) is 5.41 Å². The average molecular weight is 278 g/mol. The zero-order chi connectivity index (χ0) is 14.8. The van der Waals surface area contributed by atoms with Gasteiger partial charge < -0.3 is 10.1 Å². The van der Waals surface area contributed by atoms with Crippen LogP contribution in [0.2, 0.25) is 0 Å². The molecule has 0 heterocycles. The standard InChI is InChI=1S/C15H22N2O3/c1-4-9-16-13-10-14(15(13,2)3)20-12-7-5-11(6-8-12)17(18)19/h5-8,13-14,16H,4,9-10H2,1-3H3. The van der Waals surface area contributed by atoms with E-state index in [4.69, 9.17) is 4.74 Å². The number of hydrogen-bond acceptors (Lipinski definition) is 4. The normalized spacial score (nSPS) is 23.9. The van der Waals surface area contributed by atoms with Crippen molar-refractivity contribution in [3.63, 3.8) is 0 Å². The lowest BCUT2D eigenvalue weighted by atomic mass is 9.64. The van der Waals surface area contributed by atoms with Gasteiger partial charge in [0.25, 0.3) is 5.69 Å². The Morgan fingerprint density at radius 1 is 1.40 bits per heavy atom. The molecule has 0 spiro atoms. The summed E-state index contributed by atoms with van der Waals surface area (Å²) < 4.78 is 5.95. The predicted octanol–water partition coefficient (Wildman–Crippen LogP) is 3.14. The third-order valence-corrected chi connectivity index (χ3v) is 4.14. The third-order valence-electron chi connectivity index (χ3n) is 4.14. The van der Waals surface area contributed by atoms with Gasteiger partial charge in [0.1, 0.15) is 11.9 Å². The van der Waals surface area contributed by atoms with Gasteiger partial charge in [-0.1, -0.05) is 20.8 Å². The smallest absolute Gasteiger partial charge is 0.269 e. The zero-order valence-corrected chi connectivity index (χ0v) is 12.3. The molecule has 2 rings (SSSR count). The van der Waals surface area contributed by atoms with E-state index in [9.17, 15) is 10.1 Å². The first-order valence-corrected chi connectivity index (χ1v) is 7.09. The number of non-ortho nitro benzene ring substituents is 1. The van der Waals surface area contributed by atoms with Crippen LogP contribution < -0.4 is 10.1 Å². The number of nitrogens with one attached hydrogen (secondary N) is 1. The summed E-state index contributed by atoms with van der Waals surface area (Å²) in [6.45, 7) is 7.57. The Kier molecular flexibility index (Phi) is 4.28. The highest BCUT2D eigenvalue weighted by Gasteiger charge is 2.49. The molecule has 0 aliphatic heterocycles. The zero-order valence-electron chi connectivity index (χ0n) is 12.3. The van der Waals surface area contributed by atoms with Gasteiger partial charge in [-0.25, -0.2) is 0 Å². The number of nitrogens with zero attached hydrogens (tertiary/aromatic N) is 1. The fraction of sp³-hybridized carbons (Fsp3) is 0.600.